The molecule has 0 amide bonds. The molecule has 1 aromatic rings. The first-order chi connectivity index (χ1) is 9.33. The molecule has 0 saturated heterocycles. The monoisotopic (exact) mass is 261 g/mol. The van der Waals surface area contributed by atoms with Gasteiger partial charge in [-0.2, -0.15) is 0 Å². The highest BCUT2D eigenvalue weighted by Gasteiger charge is 2.23. The Labute approximate surface area is 115 Å². The maximum absolute atomic E-state index is 9.90. The van der Waals surface area contributed by atoms with Gasteiger partial charge in [0, 0.05) is 19.2 Å². The molecule has 0 radical (unpaired) electrons. The molecule has 0 heterocycles. The Bertz CT molecular complexity index is 417. The molecule has 2 N–H and O–H groups in total. The predicted molar refractivity (Wildman–Crippen MR) is 75.1 cm³/mol. The van der Waals surface area contributed by atoms with Crippen LogP contribution in [0, 0.1) is 5.92 Å². The van der Waals surface area contributed by atoms with Gasteiger partial charge in [-0.1, -0.05) is 24.3 Å². The van der Waals surface area contributed by atoms with Crippen LogP contribution in [0.5, 0.6) is 0 Å². The first kappa shape index (κ1) is 13.1. The van der Waals surface area contributed by atoms with Gasteiger partial charge in [0.15, 0.2) is 0 Å². The third-order valence-corrected chi connectivity index (χ3v) is 4.09. The number of hydrogen-bond donors (Lipinski definition) is 2. The molecular weight excluding hydrogens is 238 g/mol. The van der Waals surface area contributed by atoms with Crippen molar-refractivity contribution in [2.24, 2.45) is 5.92 Å². The zero-order valence-corrected chi connectivity index (χ0v) is 11.3. The predicted octanol–water partition coefficient (Wildman–Crippen LogP) is 2.05. The average molecular weight is 261 g/mol. The molecule has 0 aliphatic heterocycles. The number of aliphatic hydroxyl groups excluding tert-OH is 1. The van der Waals surface area contributed by atoms with E-state index in [1.807, 2.05) is 0 Å². The highest BCUT2D eigenvalue weighted by molar-refractivity contribution is 5.34. The van der Waals surface area contributed by atoms with Crippen molar-refractivity contribution in [2.75, 3.05) is 19.8 Å². The summed E-state index contributed by atoms with van der Waals surface area (Å²) in [6.45, 7) is 1.89. The second-order valence-electron chi connectivity index (χ2n) is 5.83. The number of aliphatic hydroxyl groups is 1. The highest BCUT2D eigenvalue weighted by atomic mass is 16.5. The Morgan fingerprint density at radius 2 is 2.11 bits per heavy atom. The normalized spacial score (nSPS) is 23.3. The van der Waals surface area contributed by atoms with Gasteiger partial charge in [0.2, 0.25) is 0 Å². The lowest BCUT2D eigenvalue weighted by Gasteiger charge is -2.17. The summed E-state index contributed by atoms with van der Waals surface area (Å²) >= 11 is 0. The third-order valence-electron chi connectivity index (χ3n) is 4.09. The van der Waals surface area contributed by atoms with Gasteiger partial charge in [0.25, 0.3) is 0 Å². The Kier molecular flexibility index (Phi) is 4.16. The minimum absolute atomic E-state index is 0.397. The van der Waals surface area contributed by atoms with E-state index >= 15 is 0 Å². The van der Waals surface area contributed by atoms with Crippen molar-refractivity contribution in [3.8, 4) is 0 Å². The molecule has 104 valence electrons. The van der Waals surface area contributed by atoms with E-state index in [-0.39, 0.29) is 0 Å². The van der Waals surface area contributed by atoms with Crippen molar-refractivity contribution in [3.05, 3.63) is 35.4 Å². The van der Waals surface area contributed by atoms with E-state index in [1.165, 1.54) is 24.0 Å². The van der Waals surface area contributed by atoms with E-state index in [2.05, 4.69) is 29.6 Å². The summed E-state index contributed by atoms with van der Waals surface area (Å²) in [6.07, 6.45) is 4.48. The lowest BCUT2D eigenvalue weighted by atomic mass is 10.1. The van der Waals surface area contributed by atoms with Crippen LogP contribution in [0.2, 0.25) is 0 Å². The lowest BCUT2D eigenvalue weighted by molar-refractivity contribution is 0.0312. The van der Waals surface area contributed by atoms with Crippen LogP contribution in [0.15, 0.2) is 24.3 Å². The zero-order chi connectivity index (χ0) is 13.1. The van der Waals surface area contributed by atoms with Crippen molar-refractivity contribution in [3.63, 3.8) is 0 Å². The molecule has 0 aromatic heterocycles. The molecule has 3 rings (SSSR count). The van der Waals surface area contributed by atoms with E-state index in [1.54, 1.807) is 0 Å². The van der Waals surface area contributed by atoms with Gasteiger partial charge in [0.1, 0.15) is 0 Å². The highest BCUT2D eigenvalue weighted by Crippen LogP contribution is 2.30. The van der Waals surface area contributed by atoms with E-state index in [4.69, 9.17) is 4.74 Å². The molecule has 2 aliphatic rings. The van der Waals surface area contributed by atoms with Crippen LogP contribution in [-0.2, 0) is 11.2 Å². The van der Waals surface area contributed by atoms with Crippen molar-refractivity contribution in [2.45, 2.75) is 37.8 Å². The fourth-order valence-corrected chi connectivity index (χ4v) is 2.76. The van der Waals surface area contributed by atoms with Crippen molar-refractivity contribution >= 4 is 0 Å². The number of fused-ring (bicyclic) bond motifs is 1. The Morgan fingerprint density at radius 1 is 1.26 bits per heavy atom. The quantitative estimate of drug-likeness (QED) is 0.789. The first-order valence-corrected chi connectivity index (χ1v) is 7.40. The number of benzene rings is 1. The van der Waals surface area contributed by atoms with Gasteiger partial charge in [0.05, 0.1) is 12.7 Å². The largest absolute Gasteiger partial charge is 0.389 e. The summed E-state index contributed by atoms with van der Waals surface area (Å²) < 4.78 is 5.51. The molecule has 2 aliphatic carbocycles. The second-order valence-corrected chi connectivity index (χ2v) is 5.83. The molecule has 2 unspecified atom stereocenters. The molecule has 2 atom stereocenters. The average Bonchev–Trinajstić information content (AvgIpc) is 3.16. The van der Waals surface area contributed by atoms with Gasteiger partial charge in [-0.25, -0.2) is 0 Å². The summed E-state index contributed by atoms with van der Waals surface area (Å²) in [6, 6.07) is 8.98. The van der Waals surface area contributed by atoms with Gasteiger partial charge in [-0.05, 0) is 42.7 Å². The molecular formula is C16H23NO2. The Morgan fingerprint density at radius 3 is 2.95 bits per heavy atom. The minimum atomic E-state index is -0.397. The van der Waals surface area contributed by atoms with E-state index in [9.17, 15) is 5.11 Å². The standard InChI is InChI=1S/C16H23NO2/c18-14(11-19-10-12-5-6-12)9-17-16-8-7-13-3-1-2-4-15(13)16/h1-4,12,14,16-18H,5-11H2. The second kappa shape index (κ2) is 6.04. The zero-order valence-electron chi connectivity index (χ0n) is 11.3. The summed E-state index contributed by atoms with van der Waals surface area (Å²) in [5.74, 6) is 0.766. The van der Waals surface area contributed by atoms with Gasteiger partial charge in [-0.3, -0.25) is 0 Å². The minimum Gasteiger partial charge on any atom is -0.389 e. The number of ether oxygens (including phenoxy) is 1. The number of nitrogens with one attached hydrogen (secondary N) is 1. The molecule has 19 heavy (non-hydrogen) atoms. The summed E-state index contributed by atoms with van der Waals surface area (Å²) in [5.41, 5.74) is 2.84. The summed E-state index contributed by atoms with van der Waals surface area (Å²) in [5, 5.41) is 13.4. The smallest absolute Gasteiger partial charge is 0.0897 e. The molecule has 0 spiro atoms. The number of aryl methyl sites for hydroxylation is 1. The van der Waals surface area contributed by atoms with Crippen LogP contribution < -0.4 is 5.32 Å². The van der Waals surface area contributed by atoms with E-state index < -0.39 is 6.10 Å². The third kappa shape index (κ3) is 3.56. The van der Waals surface area contributed by atoms with Gasteiger partial charge >= 0.3 is 0 Å². The molecule has 0 bridgehead atoms. The molecule has 3 nitrogen and oxygen atoms in total. The number of rotatable bonds is 7. The lowest BCUT2D eigenvalue weighted by Crippen LogP contribution is -2.32. The van der Waals surface area contributed by atoms with Crippen LogP contribution in [0.25, 0.3) is 0 Å². The van der Waals surface area contributed by atoms with Crippen LogP contribution in [-0.4, -0.2) is 31.0 Å². The fraction of sp³-hybridized carbons (Fsp3) is 0.625. The SMILES string of the molecule is OC(CNC1CCc2ccccc21)COCC1CC1. The van der Waals surface area contributed by atoms with E-state index in [0.29, 0.717) is 19.2 Å². The molecule has 3 heteroatoms. The summed E-state index contributed by atoms with van der Waals surface area (Å²) in [7, 11) is 0. The van der Waals surface area contributed by atoms with Crippen LogP contribution >= 0.6 is 0 Å². The Hall–Kier alpha value is -0.900. The number of hydrogen-bond acceptors (Lipinski definition) is 3. The van der Waals surface area contributed by atoms with Crippen LogP contribution in [0.3, 0.4) is 0 Å². The molecule has 1 saturated carbocycles. The van der Waals surface area contributed by atoms with Crippen LogP contribution in [0.4, 0.5) is 0 Å². The molecule has 1 aromatic carbocycles. The van der Waals surface area contributed by atoms with Gasteiger partial charge < -0.3 is 15.2 Å². The van der Waals surface area contributed by atoms with Gasteiger partial charge in [-0.15, -0.1) is 0 Å². The molecule has 1 fully saturated rings. The van der Waals surface area contributed by atoms with Crippen molar-refractivity contribution < 1.29 is 9.84 Å². The van der Waals surface area contributed by atoms with Crippen LogP contribution in [0.1, 0.15) is 36.4 Å². The van der Waals surface area contributed by atoms with E-state index in [0.717, 1.165) is 25.4 Å². The fourth-order valence-electron chi connectivity index (χ4n) is 2.76. The Balaban J connectivity index is 1.39. The maximum atomic E-state index is 9.90. The summed E-state index contributed by atoms with van der Waals surface area (Å²) in [4.78, 5) is 0. The van der Waals surface area contributed by atoms with Crippen molar-refractivity contribution in [1.29, 1.82) is 0 Å². The topological polar surface area (TPSA) is 41.5 Å². The first-order valence-electron chi connectivity index (χ1n) is 7.40. The maximum Gasteiger partial charge on any atom is 0.0897 e. The van der Waals surface area contributed by atoms with Crippen molar-refractivity contribution in [1.82, 2.24) is 5.32 Å².